The van der Waals surface area contributed by atoms with Crippen molar-refractivity contribution >= 4 is 62.4 Å². The molecule has 0 aliphatic heterocycles. The highest BCUT2D eigenvalue weighted by Gasteiger charge is 2.46. The average molecular weight is 819 g/mol. The van der Waals surface area contributed by atoms with Gasteiger partial charge in [0.25, 0.3) is 10.0 Å². The van der Waals surface area contributed by atoms with E-state index < -0.39 is 54.2 Å². The first-order valence-electron chi connectivity index (χ1n) is 17.0. The maximum absolute atomic E-state index is 15.5. The van der Waals surface area contributed by atoms with Crippen LogP contribution in [0.4, 0.5) is 9.18 Å². The van der Waals surface area contributed by atoms with E-state index >= 15 is 4.39 Å². The zero-order chi connectivity index (χ0) is 38.3. The van der Waals surface area contributed by atoms with E-state index in [9.17, 15) is 18.0 Å². The minimum absolute atomic E-state index is 0.00340. The molecule has 0 bridgehead atoms. The van der Waals surface area contributed by atoms with Crippen molar-refractivity contribution in [2.24, 2.45) is 14.1 Å². The van der Waals surface area contributed by atoms with Gasteiger partial charge in [-0.15, -0.1) is 5.10 Å². The molecule has 1 aliphatic carbocycles. The van der Waals surface area contributed by atoms with Gasteiger partial charge in [-0.1, -0.05) is 39.0 Å². The summed E-state index contributed by atoms with van der Waals surface area (Å²) in [6, 6.07) is 6.81. The summed E-state index contributed by atoms with van der Waals surface area (Å²) in [6.07, 6.45) is 2.51. The van der Waals surface area contributed by atoms with Gasteiger partial charge in [0.2, 0.25) is 5.95 Å². The van der Waals surface area contributed by atoms with Crippen LogP contribution in [0.2, 0.25) is 18.1 Å². The monoisotopic (exact) mass is 817 g/mol. The molecular formula is C35H45BrFN7O6SSi. The Kier molecular flexibility index (Phi) is 9.45. The maximum Gasteiger partial charge on any atom is 0.407 e. The number of aryl methyl sites for hydroxylation is 2. The summed E-state index contributed by atoms with van der Waals surface area (Å²) < 4.78 is 62.5. The van der Waals surface area contributed by atoms with Crippen LogP contribution in [0.5, 0.6) is 0 Å². The molecule has 3 atom stereocenters. The van der Waals surface area contributed by atoms with E-state index in [0.29, 0.717) is 29.3 Å². The van der Waals surface area contributed by atoms with Gasteiger partial charge in [-0.25, -0.2) is 27.0 Å². The normalized spacial score (nSPS) is 18.8. The van der Waals surface area contributed by atoms with E-state index in [1.165, 1.54) is 40.8 Å². The number of nitrogens with zero attached hydrogens (tertiary/aromatic N) is 6. The van der Waals surface area contributed by atoms with Crippen LogP contribution in [-0.4, -0.2) is 68.4 Å². The van der Waals surface area contributed by atoms with Crippen LogP contribution in [-0.2, 0) is 33.3 Å². The molecule has 1 aromatic carbocycles. The highest BCUT2D eigenvalue weighted by molar-refractivity contribution is 9.10. The van der Waals surface area contributed by atoms with Gasteiger partial charge in [-0.3, -0.25) is 13.8 Å². The second kappa shape index (κ2) is 12.9. The van der Waals surface area contributed by atoms with Crippen LogP contribution in [0.15, 0.2) is 56.9 Å². The number of imidazole rings is 1. The summed E-state index contributed by atoms with van der Waals surface area (Å²) in [5.41, 5.74) is -0.345. The van der Waals surface area contributed by atoms with Crippen molar-refractivity contribution in [3.8, 4) is 11.3 Å². The van der Waals surface area contributed by atoms with Crippen molar-refractivity contribution in [1.29, 1.82) is 0 Å². The van der Waals surface area contributed by atoms with Crippen molar-refractivity contribution in [1.82, 2.24) is 33.2 Å². The van der Waals surface area contributed by atoms with Crippen molar-refractivity contribution in [3.05, 3.63) is 63.6 Å². The average Bonchev–Trinajstić information content (AvgIpc) is 3.73. The number of halogens is 2. The van der Waals surface area contributed by atoms with E-state index in [0.717, 1.165) is 3.97 Å². The fourth-order valence-corrected chi connectivity index (χ4v) is 10.4. The van der Waals surface area contributed by atoms with Gasteiger partial charge in [0, 0.05) is 26.3 Å². The molecule has 1 aliphatic rings. The number of rotatable bonds is 7. The molecule has 6 rings (SSSR count). The van der Waals surface area contributed by atoms with Crippen molar-refractivity contribution in [3.63, 3.8) is 0 Å². The second-order valence-corrected chi connectivity index (χ2v) is 23.3. The molecule has 1 amide bonds. The number of aromatic nitrogens is 6. The Morgan fingerprint density at radius 2 is 1.73 bits per heavy atom. The summed E-state index contributed by atoms with van der Waals surface area (Å²) in [5.74, 6) is -0.880. The quantitative estimate of drug-likeness (QED) is 0.176. The molecule has 1 fully saturated rings. The number of fused-ring (bicyclic) bond motifs is 3. The molecule has 5 aromatic rings. The number of carbonyl (C=O) groups is 1. The number of benzene rings is 1. The molecule has 13 nitrogen and oxygen atoms in total. The topological polar surface area (TPSA) is 144 Å². The molecule has 280 valence electrons. The van der Waals surface area contributed by atoms with Crippen LogP contribution < -0.4 is 11.0 Å². The number of carbonyl (C=O) groups excluding carboxylic acids is 1. The lowest BCUT2D eigenvalue weighted by Crippen LogP contribution is -2.50. The maximum atomic E-state index is 15.5. The standard InChI is InChI=1S/C35H45BrFN7O6SSi/c1-34(2,3)49-32(45)39-23-16-20(17-25(23)50-52(9,10)35(4,5)6)43-29-24(42(8)33(43)46)18-38-31-26(29)27(36)28(22-19-41(7)40-30(22)37)44(31)51(47,48)21-14-12-11-13-15-21/h11-15,18-20,23,25H,16-17H2,1-10H3,(H,39,45)/t20-,23-,25+/m0/s1. The first-order chi connectivity index (χ1) is 24.0. The van der Waals surface area contributed by atoms with Crippen LogP contribution in [0.3, 0.4) is 0 Å². The van der Waals surface area contributed by atoms with Gasteiger partial charge in [0.15, 0.2) is 14.0 Å². The first-order valence-corrected chi connectivity index (χ1v) is 22.1. The minimum Gasteiger partial charge on any atom is -0.444 e. The van der Waals surface area contributed by atoms with Gasteiger partial charge in [0.1, 0.15) is 5.60 Å². The smallest absolute Gasteiger partial charge is 0.407 e. The lowest BCUT2D eigenvalue weighted by Gasteiger charge is -2.40. The van der Waals surface area contributed by atoms with E-state index in [-0.39, 0.29) is 37.0 Å². The van der Waals surface area contributed by atoms with Crippen molar-refractivity contribution < 1.29 is 26.8 Å². The Bertz CT molecular complexity index is 2370. The number of pyridine rings is 1. The first kappa shape index (κ1) is 37.9. The molecule has 17 heteroatoms. The van der Waals surface area contributed by atoms with Crippen LogP contribution in [0.25, 0.3) is 33.3 Å². The van der Waals surface area contributed by atoms with Gasteiger partial charge in [-0.2, -0.15) is 4.39 Å². The number of alkyl carbamates (subject to hydrolysis) is 1. The zero-order valence-corrected chi connectivity index (χ0v) is 34.4. The highest BCUT2D eigenvalue weighted by Crippen LogP contribution is 2.46. The minimum atomic E-state index is -4.37. The molecule has 4 heterocycles. The van der Waals surface area contributed by atoms with E-state index in [4.69, 9.17) is 9.16 Å². The molecule has 0 unspecified atom stereocenters. The fourth-order valence-electron chi connectivity index (χ4n) is 6.60. The van der Waals surface area contributed by atoms with Gasteiger partial charge in [0.05, 0.1) is 55.4 Å². The van der Waals surface area contributed by atoms with E-state index in [2.05, 4.69) is 65.2 Å². The molecule has 4 aromatic heterocycles. The van der Waals surface area contributed by atoms with Crippen molar-refractivity contribution in [2.45, 2.75) is 101 Å². The predicted molar refractivity (Wildman–Crippen MR) is 203 cm³/mol. The second-order valence-electron chi connectivity index (χ2n) is 15.9. The Hall–Kier alpha value is -3.80. The van der Waals surface area contributed by atoms with E-state index in [1.54, 1.807) is 50.6 Å². The molecule has 0 spiro atoms. The summed E-state index contributed by atoms with van der Waals surface area (Å²) >= 11 is 3.65. The number of ether oxygens (including phenoxy) is 1. The SMILES string of the molecule is Cn1cc(-c2c(Br)c3c(ncc4c3n([C@H]3C[C@H](NC(=O)OC(C)(C)C)[C@H](O[Si](C)(C)C(C)(C)C)C3)c(=O)n4C)n2S(=O)(=O)c2ccccc2)c(F)n1. The Balaban J connectivity index is 1.60. The number of nitrogens with one attached hydrogen (secondary N) is 1. The summed E-state index contributed by atoms with van der Waals surface area (Å²) in [5, 5.41) is 7.04. The summed E-state index contributed by atoms with van der Waals surface area (Å²) in [6.45, 7) is 16.0. The third kappa shape index (κ3) is 6.53. The number of hydrogen-bond donors (Lipinski definition) is 1. The van der Waals surface area contributed by atoms with Crippen molar-refractivity contribution in [2.75, 3.05) is 0 Å². The molecule has 0 radical (unpaired) electrons. The van der Waals surface area contributed by atoms with Crippen LogP contribution in [0, 0.1) is 5.95 Å². The zero-order valence-electron chi connectivity index (χ0n) is 31.0. The third-order valence-electron chi connectivity index (χ3n) is 10.0. The fraction of sp³-hybridized carbons (Fsp3) is 0.486. The summed E-state index contributed by atoms with van der Waals surface area (Å²) in [7, 11) is -3.58. The highest BCUT2D eigenvalue weighted by atomic mass is 79.9. The molecule has 52 heavy (non-hydrogen) atoms. The van der Waals surface area contributed by atoms with Gasteiger partial charge < -0.3 is 14.5 Å². The van der Waals surface area contributed by atoms with Gasteiger partial charge in [-0.05, 0) is 79.8 Å². The Labute approximate surface area is 311 Å². The summed E-state index contributed by atoms with van der Waals surface area (Å²) in [4.78, 5) is 32.0. The van der Waals surface area contributed by atoms with E-state index in [1.807, 2.05) is 0 Å². The lowest BCUT2D eigenvalue weighted by atomic mass is 10.2. The van der Waals surface area contributed by atoms with Gasteiger partial charge >= 0.3 is 11.8 Å². The molecular weight excluding hydrogens is 773 g/mol. The number of hydrogen-bond acceptors (Lipinski definition) is 8. The largest absolute Gasteiger partial charge is 0.444 e. The Morgan fingerprint density at radius 3 is 2.31 bits per heavy atom. The van der Waals surface area contributed by atoms with Crippen LogP contribution in [0.1, 0.15) is 60.4 Å². The lowest BCUT2D eigenvalue weighted by molar-refractivity contribution is 0.0457. The molecule has 1 N–H and O–H groups in total. The Morgan fingerprint density at radius 1 is 1.08 bits per heavy atom. The molecule has 1 saturated carbocycles. The molecule has 0 saturated heterocycles. The third-order valence-corrected chi connectivity index (χ3v) is 17.0. The predicted octanol–water partition coefficient (Wildman–Crippen LogP) is 6.85. The number of amides is 1. The van der Waals surface area contributed by atoms with Crippen LogP contribution >= 0.6 is 15.9 Å².